The molecule has 0 bridgehead atoms. The zero-order chi connectivity index (χ0) is 12.0. The van der Waals surface area contributed by atoms with Gasteiger partial charge in [0.15, 0.2) is 0 Å². The van der Waals surface area contributed by atoms with Gasteiger partial charge in [-0.25, -0.2) is 0 Å². The van der Waals surface area contributed by atoms with Crippen molar-refractivity contribution in [2.24, 2.45) is 0 Å². The van der Waals surface area contributed by atoms with Crippen molar-refractivity contribution in [2.45, 2.75) is 26.7 Å². The zero-order valence-electron chi connectivity index (χ0n) is 10.2. The van der Waals surface area contributed by atoms with Crippen LogP contribution in [0.4, 0.5) is 11.4 Å². The summed E-state index contributed by atoms with van der Waals surface area (Å²) in [7, 11) is 0. The third kappa shape index (κ3) is 3.42. The van der Waals surface area contributed by atoms with Gasteiger partial charge in [0.25, 0.3) is 0 Å². The summed E-state index contributed by atoms with van der Waals surface area (Å²) < 4.78 is 0. The van der Waals surface area contributed by atoms with Gasteiger partial charge in [-0.2, -0.15) is 0 Å². The van der Waals surface area contributed by atoms with Crippen LogP contribution in [0.1, 0.15) is 25.3 Å². The Morgan fingerprint density at radius 2 is 2.06 bits per heavy atom. The summed E-state index contributed by atoms with van der Waals surface area (Å²) >= 11 is 0. The van der Waals surface area contributed by atoms with Gasteiger partial charge in [-0.05, 0) is 31.0 Å². The molecule has 0 radical (unpaired) electrons. The summed E-state index contributed by atoms with van der Waals surface area (Å²) in [6, 6.07) is 6.07. The molecular weight excluding hydrogens is 200 g/mol. The van der Waals surface area contributed by atoms with Gasteiger partial charge in [0.1, 0.15) is 0 Å². The summed E-state index contributed by atoms with van der Waals surface area (Å²) in [5, 5.41) is 9.06. The molecule has 90 valence electrons. The molecule has 0 saturated heterocycles. The Morgan fingerprint density at radius 1 is 1.31 bits per heavy atom. The van der Waals surface area contributed by atoms with Gasteiger partial charge in [-0.15, -0.1) is 0 Å². The highest BCUT2D eigenvalue weighted by atomic mass is 16.3. The van der Waals surface area contributed by atoms with E-state index < -0.39 is 0 Å². The number of hydrogen-bond donors (Lipinski definition) is 2. The third-order valence-corrected chi connectivity index (χ3v) is 2.68. The van der Waals surface area contributed by atoms with Gasteiger partial charge in [0, 0.05) is 13.1 Å². The summed E-state index contributed by atoms with van der Waals surface area (Å²) in [6.07, 6.45) is 2.26. The molecule has 0 atom stereocenters. The summed E-state index contributed by atoms with van der Waals surface area (Å²) in [6.45, 7) is 5.95. The maximum Gasteiger partial charge on any atom is 0.0606 e. The molecule has 0 aromatic heterocycles. The van der Waals surface area contributed by atoms with Crippen molar-refractivity contribution in [3.8, 4) is 0 Å². The number of aliphatic hydroxyl groups excluding tert-OH is 1. The highest BCUT2D eigenvalue weighted by Crippen LogP contribution is 2.24. The molecule has 1 aromatic carbocycles. The molecule has 1 aromatic rings. The molecule has 0 amide bonds. The van der Waals surface area contributed by atoms with Gasteiger partial charge in [-0.3, -0.25) is 0 Å². The topological polar surface area (TPSA) is 49.5 Å². The summed E-state index contributed by atoms with van der Waals surface area (Å²) in [5.74, 6) is 0. The minimum atomic E-state index is 0.164. The minimum Gasteiger partial charge on any atom is -0.397 e. The highest BCUT2D eigenvalue weighted by molar-refractivity contribution is 5.68. The van der Waals surface area contributed by atoms with Crippen molar-refractivity contribution in [3.63, 3.8) is 0 Å². The van der Waals surface area contributed by atoms with Crippen LogP contribution in [0.5, 0.6) is 0 Å². The molecule has 0 heterocycles. The third-order valence-electron chi connectivity index (χ3n) is 2.68. The Balaban J connectivity index is 2.82. The number of nitrogen functional groups attached to an aromatic ring is 1. The second-order valence-corrected chi connectivity index (χ2v) is 4.13. The summed E-state index contributed by atoms with van der Waals surface area (Å²) in [4.78, 5) is 2.15. The molecule has 0 aliphatic carbocycles. The zero-order valence-corrected chi connectivity index (χ0v) is 10.2. The fourth-order valence-electron chi connectivity index (χ4n) is 1.78. The number of nitrogens with zero attached hydrogens (tertiary/aromatic N) is 1. The van der Waals surface area contributed by atoms with Crippen LogP contribution in [-0.2, 0) is 0 Å². The largest absolute Gasteiger partial charge is 0.397 e. The number of aryl methyl sites for hydroxylation is 1. The highest BCUT2D eigenvalue weighted by Gasteiger charge is 2.08. The SMILES string of the molecule is CCCCN(CCO)c1ccc(C)cc1N. The molecule has 0 saturated carbocycles. The maximum absolute atomic E-state index is 9.06. The number of anilines is 2. The first-order chi connectivity index (χ1) is 7.69. The smallest absolute Gasteiger partial charge is 0.0606 e. The van der Waals surface area contributed by atoms with Crippen LogP contribution in [0.3, 0.4) is 0 Å². The monoisotopic (exact) mass is 222 g/mol. The van der Waals surface area contributed by atoms with Crippen molar-refractivity contribution >= 4 is 11.4 Å². The second-order valence-electron chi connectivity index (χ2n) is 4.13. The van der Waals surface area contributed by atoms with Crippen LogP contribution >= 0.6 is 0 Å². The molecule has 3 heteroatoms. The van der Waals surface area contributed by atoms with E-state index in [-0.39, 0.29) is 6.61 Å². The first kappa shape index (κ1) is 12.8. The van der Waals surface area contributed by atoms with E-state index in [0.29, 0.717) is 6.54 Å². The van der Waals surface area contributed by atoms with Gasteiger partial charge in [0.2, 0.25) is 0 Å². The first-order valence-corrected chi connectivity index (χ1v) is 5.91. The lowest BCUT2D eigenvalue weighted by Gasteiger charge is -2.25. The molecule has 0 aliphatic heterocycles. The number of hydrogen-bond acceptors (Lipinski definition) is 3. The first-order valence-electron chi connectivity index (χ1n) is 5.91. The van der Waals surface area contributed by atoms with Crippen molar-refractivity contribution in [3.05, 3.63) is 23.8 Å². The van der Waals surface area contributed by atoms with E-state index in [1.807, 2.05) is 19.1 Å². The molecule has 3 N–H and O–H groups in total. The van der Waals surface area contributed by atoms with Gasteiger partial charge in [0.05, 0.1) is 18.0 Å². The van der Waals surface area contributed by atoms with Crippen LogP contribution < -0.4 is 10.6 Å². The molecule has 3 nitrogen and oxygen atoms in total. The quantitative estimate of drug-likeness (QED) is 0.725. The molecule has 0 spiro atoms. The lowest BCUT2D eigenvalue weighted by Crippen LogP contribution is -2.28. The van der Waals surface area contributed by atoms with E-state index >= 15 is 0 Å². The van der Waals surface area contributed by atoms with Crippen molar-refractivity contribution in [2.75, 3.05) is 30.3 Å². The Bertz CT molecular complexity index is 326. The Morgan fingerprint density at radius 3 is 2.62 bits per heavy atom. The van der Waals surface area contributed by atoms with E-state index in [4.69, 9.17) is 10.8 Å². The van der Waals surface area contributed by atoms with E-state index in [2.05, 4.69) is 17.9 Å². The van der Waals surface area contributed by atoms with E-state index in [0.717, 1.165) is 30.8 Å². The Labute approximate surface area is 97.9 Å². The van der Waals surface area contributed by atoms with E-state index in [9.17, 15) is 0 Å². The molecule has 0 fully saturated rings. The van der Waals surface area contributed by atoms with Crippen LogP contribution in [0.25, 0.3) is 0 Å². The Kier molecular flexibility index (Phi) is 5.12. The number of unbranched alkanes of at least 4 members (excludes halogenated alkanes) is 1. The van der Waals surface area contributed by atoms with Crippen LogP contribution in [0, 0.1) is 6.92 Å². The van der Waals surface area contributed by atoms with Crippen molar-refractivity contribution in [1.29, 1.82) is 0 Å². The minimum absolute atomic E-state index is 0.164. The Hall–Kier alpha value is -1.22. The normalized spacial score (nSPS) is 10.4. The van der Waals surface area contributed by atoms with Gasteiger partial charge in [-0.1, -0.05) is 19.4 Å². The fraction of sp³-hybridized carbons (Fsp3) is 0.538. The second kappa shape index (κ2) is 6.38. The maximum atomic E-state index is 9.06. The standard InChI is InChI=1S/C13H22N2O/c1-3-4-7-15(8-9-16)13-6-5-11(2)10-12(13)14/h5-6,10,16H,3-4,7-9,14H2,1-2H3. The van der Waals surface area contributed by atoms with Gasteiger partial charge >= 0.3 is 0 Å². The number of aliphatic hydroxyl groups is 1. The summed E-state index contributed by atoms with van der Waals surface area (Å²) in [5.41, 5.74) is 9.00. The molecule has 0 unspecified atom stereocenters. The van der Waals surface area contributed by atoms with Crippen LogP contribution in [-0.4, -0.2) is 24.8 Å². The van der Waals surface area contributed by atoms with E-state index in [1.165, 1.54) is 5.56 Å². The predicted molar refractivity (Wildman–Crippen MR) is 69.8 cm³/mol. The number of rotatable bonds is 6. The number of nitrogens with two attached hydrogens (primary N) is 1. The van der Waals surface area contributed by atoms with Gasteiger partial charge < -0.3 is 15.7 Å². The average Bonchev–Trinajstić information content (AvgIpc) is 2.25. The molecular formula is C13H22N2O. The van der Waals surface area contributed by atoms with Crippen LogP contribution in [0.15, 0.2) is 18.2 Å². The van der Waals surface area contributed by atoms with Crippen molar-refractivity contribution in [1.82, 2.24) is 0 Å². The fourth-order valence-corrected chi connectivity index (χ4v) is 1.78. The van der Waals surface area contributed by atoms with Crippen LogP contribution in [0.2, 0.25) is 0 Å². The predicted octanol–water partition coefficient (Wildman–Crippen LogP) is 2.18. The lowest BCUT2D eigenvalue weighted by atomic mass is 10.1. The molecule has 1 rings (SSSR count). The number of benzene rings is 1. The molecule has 16 heavy (non-hydrogen) atoms. The van der Waals surface area contributed by atoms with E-state index in [1.54, 1.807) is 0 Å². The lowest BCUT2D eigenvalue weighted by molar-refractivity contribution is 0.301. The average molecular weight is 222 g/mol. The van der Waals surface area contributed by atoms with Crippen molar-refractivity contribution < 1.29 is 5.11 Å². The molecule has 0 aliphatic rings.